The van der Waals surface area contributed by atoms with Crippen molar-refractivity contribution in [3.8, 4) is 17.6 Å². The zero-order valence-electron chi connectivity index (χ0n) is 17.3. The van der Waals surface area contributed by atoms with E-state index in [-0.39, 0.29) is 24.4 Å². The van der Waals surface area contributed by atoms with Gasteiger partial charge in [0.05, 0.1) is 23.6 Å². The molecule has 4 rings (SSSR count). The molecule has 0 atom stereocenters. The standard InChI is InChI=1S/C24H19N5O3/c1-16-14-19(32-18-8-6-17(15-25)7-9-18)10-11-21(16)26-23(30)12-13-29-24(31)20-4-2-3-5-22(20)27-28-29/h2-11,14H,12-13H2,1H3,(H,26,30). The fourth-order valence-corrected chi connectivity index (χ4v) is 3.16. The van der Waals surface area contributed by atoms with E-state index in [1.165, 1.54) is 4.68 Å². The molecule has 1 amide bonds. The van der Waals surface area contributed by atoms with Gasteiger partial charge in [-0.15, -0.1) is 5.10 Å². The third-order valence-corrected chi connectivity index (χ3v) is 4.87. The van der Waals surface area contributed by atoms with Crippen LogP contribution in [0.3, 0.4) is 0 Å². The number of rotatable bonds is 6. The molecule has 1 aromatic heterocycles. The number of carbonyl (C=O) groups is 1. The van der Waals surface area contributed by atoms with E-state index in [0.717, 1.165) is 5.56 Å². The van der Waals surface area contributed by atoms with Crippen LogP contribution >= 0.6 is 0 Å². The van der Waals surface area contributed by atoms with Crippen molar-refractivity contribution >= 4 is 22.5 Å². The molecule has 3 aromatic carbocycles. The highest BCUT2D eigenvalue weighted by Gasteiger charge is 2.10. The Morgan fingerprint density at radius 2 is 1.84 bits per heavy atom. The maximum atomic E-state index is 12.5. The van der Waals surface area contributed by atoms with Gasteiger partial charge < -0.3 is 10.1 Å². The first-order valence-electron chi connectivity index (χ1n) is 9.94. The van der Waals surface area contributed by atoms with Crippen LogP contribution in [0.2, 0.25) is 0 Å². The van der Waals surface area contributed by atoms with E-state index in [1.54, 1.807) is 60.7 Å². The molecule has 0 saturated carbocycles. The molecule has 1 heterocycles. The molecule has 0 radical (unpaired) electrons. The lowest BCUT2D eigenvalue weighted by atomic mass is 10.2. The Labute approximate surface area is 183 Å². The molecule has 0 aliphatic heterocycles. The fraction of sp³-hybridized carbons (Fsp3) is 0.125. The normalized spacial score (nSPS) is 10.5. The van der Waals surface area contributed by atoms with E-state index < -0.39 is 0 Å². The van der Waals surface area contributed by atoms with Crippen LogP contribution in [0.4, 0.5) is 5.69 Å². The lowest BCUT2D eigenvalue weighted by Gasteiger charge is -2.11. The first-order valence-corrected chi connectivity index (χ1v) is 9.94. The highest BCUT2D eigenvalue weighted by atomic mass is 16.5. The van der Waals surface area contributed by atoms with Crippen LogP contribution < -0.4 is 15.6 Å². The molecule has 8 nitrogen and oxygen atoms in total. The molecule has 0 unspecified atom stereocenters. The van der Waals surface area contributed by atoms with E-state index in [1.807, 2.05) is 13.0 Å². The second-order valence-electron chi connectivity index (χ2n) is 7.15. The minimum atomic E-state index is -0.274. The van der Waals surface area contributed by atoms with Gasteiger partial charge in [0.25, 0.3) is 5.56 Å². The van der Waals surface area contributed by atoms with Gasteiger partial charge in [-0.2, -0.15) is 5.26 Å². The average molecular weight is 425 g/mol. The smallest absolute Gasteiger partial charge is 0.277 e. The van der Waals surface area contributed by atoms with E-state index in [4.69, 9.17) is 10.00 Å². The maximum absolute atomic E-state index is 12.5. The zero-order valence-corrected chi connectivity index (χ0v) is 17.3. The molecule has 4 aromatic rings. The predicted molar refractivity (Wildman–Crippen MR) is 119 cm³/mol. The molecule has 0 fully saturated rings. The number of nitrogens with zero attached hydrogens (tertiary/aromatic N) is 4. The van der Waals surface area contributed by atoms with Gasteiger partial charge in [0.15, 0.2) is 0 Å². The summed E-state index contributed by atoms with van der Waals surface area (Å²) in [5.41, 5.74) is 2.29. The van der Waals surface area contributed by atoms with Gasteiger partial charge in [-0.05, 0) is 67.1 Å². The molecule has 1 N–H and O–H groups in total. The molecule has 8 heteroatoms. The molecular weight excluding hydrogens is 406 g/mol. The van der Waals surface area contributed by atoms with Crippen molar-refractivity contribution in [2.75, 3.05) is 5.32 Å². The third-order valence-electron chi connectivity index (χ3n) is 4.87. The Morgan fingerprint density at radius 3 is 2.59 bits per heavy atom. The summed E-state index contributed by atoms with van der Waals surface area (Å²) in [5, 5.41) is 20.1. The first-order chi connectivity index (χ1) is 15.5. The molecule has 32 heavy (non-hydrogen) atoms. The second-order valence-corrected chi connectivity index (χ2v) is 7.15. The Bertz CT molecular complexity index is 1390. The summed E-state index contributed by atoms with van der Waals surface area (Å²) in [6.07, 6.45) is 0.0792. The van der Waals surface area contributed by atoms with E-state index in [2.05, 4.69) is 21.7 Å². The Kier molecular flexibility index (Phi) is 5.90. The lowest BCUT2D eigenvalue weighted by molar-refractivity contribution is -0.116. The number of aromatic nitrogens is 3. The van der Waals surface area contributed by atoms with Gasteiger partial charge in [-0.25, -0.2) is 4.68 Å². The van der Waals surface area contributed by atoms with Crippen molar-refractivity contribution in [3.63, 3.8) is 0 Å². The highest BCUT2D eigenvalue weighted by molar-refractivity contribution is 5.91. The summed E-state index contributed by atoms with van der Waals surface area (Å²) in [4.78, 5) is 24.9. The number of nitrogens with one attached hydrogen (secondary N) is 1. The number of fused-ring (bicyclic) bond motifs is 1. The van der Waals surface area contributed by atoms with Gasteiger partial charge in [0.1, 0.15) is 17.0 Å². The number of ether oxygens (including phenoxy) is 1. The SMILES string of the molecule is Cc1cc(Oc2ccc(C#N)cc2)ccc1NC(=O)CCn1nnc2ccccc2c1=O. The number of hydrogen-bond acceptors (Lipinski definition) is 6. The van der Waals surface area contributed by atoms with Crippen molar-refractivity contribution < 1.29 is 9.53 Å². The number of aryl methyl sites for hydroxylation is 2. The van der Waals surface area contributed by atoms with Gasteiger partial charge in [-0.3, -0.25) is 9.59 Å². The zero-order chi connectivity index (χ0) is 22.5. The summed E-state index contributed by atoms with van der Waals surface area (Å²) < 4.78 is 6.99. The lowest BCUT2D eigenvalue weighted by Crippen LogP contribution is -2.26. The van der Waals surface area contributed by atoms with Crippen molar-refractivity contribution in [2.24, 2.45) is 0 Å². The molecule has 158 valence electrons. The van der Waals surface area contributed by atoms with Crippen LogP contribution in [0, 0.1) is 18.3 Å². The van der Waals surface area contributed by atoms with Gasteiger partial charge in [0.2, 0.25) is 5.91 Å². The quantitative estimate of drug-likeness (QED) is 0.503. The number of nitriles is 1. The molecule has 0 aliphatic rings. The number of amides is 1. The van der Waals surface area contributed by atoms with Gasteiger partial charge in [0, 0.05) is 12.1 Å². The van der Waals surface area contributed by atoms with E-state index >= 15 is 0 Å². The minimum absolute atomic E-state index is 0.0792. The van der Waals surface area contributed by atoms with Crippen LogP contribution in [-0.4, -0.2) is 20.9 Å². The number of anilines is 1. The number of hydrogen-bond donors (Lipinski definition) is 1. The third kappa shape index (κ3) is 4.63. The van der Waals surface area contributed by atoms with Crippen LogP contribution in [0.15, 0.2) is 71.5 Å². The topological polar surface area (TPSA) is 110 Å². The van der Waals surface area contributed by atoms with Crippen LogP contribution in [0.25, 0.3) is 10.9 Å². The minimum Gasteiger partial charge on any atom is -0.457 e. The Balaban J connectivity index is 1.38. The van der Waals surface area contributed by atoms with Gasteiger partial charge in [-0.1, -0.05) is 17.3 Å². The summed E-state index contributed by atoms with van der Waals surface area (Å²) in [5.74, 6) is 0.987. The highest BCUT2D eigenvalue weighted by Crippen LogP contribution is 2.26. The molecular formula is C24H19N5O3. The van der Waals surface area contributed by atoms with Crippen LogP contribution in [-0.2, 0) is 11.3 Å². The summed E-state index contributed by atoms with van der Waals surface area (Å²) in [6, 6.07) is 21.2. The van der Waals surface area contributed by atoms with Gasteiger partial charge >= 0.3 is 0 Å². The van der Waals surface area contributed by atoms with Crippen molar-refractivity contribution in [3.05, 3.63) is 88.2 Å². The first kappa shape index (κ1) is 20.8. The predicted octanol–water partition coefficient (Wildman–Crippen LogP) is 3.79. The monoisotopic (exact) mass is 425 g/mol. The number of carbonyl (C=O) groups excluding carboxylic acids is 1. The van der Waals surface area contributed by atoms with Crippen molar-refractivity contribution in [1.29, 1.82) is 5.26 Å². The molecule has 0 aliphatic carbocycles. The fourth-order valence-electron chi connectivity index (χ4n) is 3.16. The molecule has 0 saturated heterocycles. The van der Waals surface area contributed by atoms with E-state index in [0.29, 0.717) is 33.7 Å². The Hall–Kier alpha value is -4.51. The maximum Gasteiger partial charge on any atom is 0.277 e. The van der Waals surface area contributed by atoms with E-state index in [9.17, 15) is 9.59 Å². The average Bonchev–Trinajstić information content (AvgIpc) is 2.81. The van der Waals surface area contributed by atoms with Crippen LogP contribution in [0.1, 0.15) is 17.5 Å². The summed E-state index contributed by atoms with van der Waals surface area (Å²) in [7, 11) is 0. The molecule has 0 spiro atoms. The number of benzene rings is 3. The van der Waals surface area contributed by atoms with Crippen molar-refractivity contribution in [1.82, 2.24) is 15.0 Å². The molecule has 0 bridgehead atoms. The summed E-state index contributed by atoms with van der Waals surface area (Å²) >= 11 is 0. The van der Waals surface area contributed by atoms with Crippen molar-refractivity contribution in [2.45, 2.75) is 19.9 Å². The Morgan fingerprint density at radius 1 is 1.09 bits per heavy atom. The van der Waals surface area contributed by atoms with Crippen LogP contribution in [0.5, 0.6) is 11.5 Å². The summed E-state index contributed by atoms with van der Waals surface area (Å²) in [6.45, 7) is 1.99. The second kappa shape index (κ2) is 9.10. The largest absolute Gasteiger partial charge is 0.457 e.